The standard InChI is InChI=1S/C10H13F3N2O3S/c1-18-9-3-2-7(6-8(9)14)19(16,17)15-5-4-10(11,12)13/h2-3,6,15H,4-5,14H2,1H3. The van der Waals surface area contributed by atoms with Crippen LogP contribution in [0.15, 0.2) is 23.1 Å². The van der Waals surface area contributed by atoms with Gasteiger partial charge in [-0.05, 0) is 18.2 Å². The molecule has 0 aliphatic heterocycles. The molecule has 1 rings (SSSR count). The molecule has 0 heterocycles. The van der Waals surface area contributed by atoms with E-state index in [4.69, 9.17) is 10.5 Å². The number of hydrogen-bond donors (Lipinski definition) is 2. The molecule has 1 aromatic carbocycles. The lowest BCUT2D eigenvalue weighted by molar-refractivity contribution is -0.132. The molecule has 1 aromatic rings. The number of nitrogen functional groups attached to an aromatic ring is 1. The van der Waals surface area contributed by atoms with Crippen molar-refractivity contribution in [1.82, 2.24) is 4.72 Å². The highest BCUT2D eigenvalue weighted by atomic mass is 32.2. The summed E-state index contributed by atoms with van der Waals surface area (Å²) in [6.45, 7) is -0.724. The summed E-state index contributed by atoms with van der Waals surface area (Å²) in [5.41, 5.74) is 5.61. The first-order valence-electron chi connectivity index (χ1n) is 5.15. The first-order valence-corrected chi connectivity index (χ1v) is 6.64. The summed E-state index contributed by atoms with van der Waals surface area (Å²) >= 11 is 0. The normalized spacial score (nSPS) is 12.4. The highest BCUT2D eigenvalue weighted by Crippen LogP contribution is 2.24. The van der Waals surface area contributed by atoms with Crippen molar-refractivity contribution in [2.45, 2.75) is 17.5 Å². The zero-order valence-electron chi connectivity index (χ0n) is 9.99. The molecule has 19 heavy (non-hydrogen) atoms. The van der Waals surface area contributed by atoms with Crippen molar-refractivity contribution in [3.63, 3.8) is 0 Å². The van der Waals surface area contributed by atoms with Gasteiger partial charge in [0.05, 0.1) is 24.1 Å². The van der Waals surface area contributed by atoms with E-state index in [0.717, 1.165) is 6.07 Å². The fourth-order valence-corrected chi connectivity index (χ4v) is 2.36. The first-order chi connectivity index (χ1) is 8.65. The Kier molecular flexibility index (Phi) is 4.64. The van der Waals surface area contributed by atoms with E-state index in [2.05, 4.69) is 0 Å². The first kappa shape index (κ1) is 15.6. The van der Waals surface area contributed by atoms with Crippen LogP contribution in [0.2, 0.25) is 0 Å². The average Bonchev–Trinajstić information content (AvgIpc) is 2.26. The molecule has 0 amide bonds. The van der Waals surface area contributed by atoms with Gasteiger partial charge in [0, 0.05) is 6.54 Å². The summed E-state index contributed by atoms with van der Waals surface area (Å²) in [6.07, 6.45) is -5.65. The number of alkyl halides is 3. The fraction of sp³-hybridized carbons (Fsp3) is 0.400. The predicted molar refractivity (Wildman–Crippen MR) is 63.3 cm³/mol. The van der Waals surface area contributed by atoms with Gasteiger partial charge >= 0.3 is 6.18 Å². The van der Waals surface area contributed by atoms with E-state index in [1.165, 1.54) is 19.2 Å². The lowest BCUT2D eigenvalue weighted by Gasteiger charge is -2.10. The smallest absolute Gasteiger partial charge is 0.390 e. The van der Waals surface area contributed by atoms with Crippen molar-refractivity contribution >= 4 is 15.7 Å². The maximum atomic E-state index is 11.9. The molecule has 0 aromatic heterocycles. The number of rotatable bonds is 5. The molecule has 0 unspecified atom stereocenters. The molecule has 0 saturated heterocycles. The van der Waals surface area contributed by atoms with Crippen LogP contribution in [-0.4, -0.2) is 28.2 Å². The Morgan fingerprint density at radius 3 is 2.47 bits per heavy atom. The van der Waals surface area contributed by atoms with Gasteiger partial charge in [-0.1, -0.05) is 0 Å². The Morgan fingerprint density at radius 1 is 1.37 bits per heavy atom. The summed E-state index contributed by atoms with van der Waals surface area (Å²) in [6, 6.07) is 3.65. The number of sulfonamides is 1. The maximum absolute atomic E-state index is 11.9. The van der Waals surface area contributed by atoms with E-state index >= 15 is 0 Å². The summed E-state index contributed by atoms with van der Waals surface area (Å²) in [4.78, 5) is -0.215. The minimum Gasteiger partial charge on any atom is -0.495 e. The molecule has 0 aliphatic carbocycles. The van der Waals surface area contributed by atoms with Gasteiger partial charge in [-0.15, -0.1) is 0 Å². The second-order valence-corrected chi connectivity index (χ2v) is 5.43. The molecule has 3 N–H and O–H groups in total. The molecule has 0 saturated carbocycles. The van der Waals surface area contributed by atoms with E-state index in [0.29, 0.717) is 0 Å². The summed E-state index contributed by atoms with van der Waals surface area (Å²) < 4.78 is 65.9. The second kappa shape index (κ2) is 5.66. The van der Waals surface area contributed by atoms with Crippen LogP contribution in [0.4, 0.5) is 18.9 Å². The van der Waals surface area contributed by atoms with Crippen molar-refractivity contribution in [2.75, 3.05) is 19.4 Å². The monoisotopic (exact) mass is 298 g/mol. The van der Waals surface area contributed by atoms with Gasteiger partial charge in [-0.2, -0.15) is 13.2 Å². The Balaban J connectivity index is 2.80. The third kappa shape index (κ3) is 4.60. The van der Waals surface area contributed by atoms with E-state index in [9.17, 15) is 21.6 Å². The van der Waals surface area contributed by atoms with Crippen molar-refractivity contribution in [3.05, 3.63) is 18.2 Å². The van der Waals surface area contributed by atoms with Crippen molar-refractivity contribution in [2.24, 2.45) is 0 Å². The molecular weight excluding hydrogens is 285 g/mol. The predicted octanol–water partition coefficient (Wildman–Crippen LogP) is 1.51. The van der Waals surface area contributed by atoms with Gasteiger partial charge in [0.2, 0.25) is 10.0 Å². The highest BCUT2D eigenvalue weighted by molar-refractivity contribution is 7.89. The third-order valence-electron chi connectivity index (χ3n) is 2.21. The Hall–Kier alpha value is -1.48. The molecule has 9 heteroatoms. The van der Waals surface area contributed by atoms with Crippen LogP contribution < -0.4 is 15.2 Å². The topological polar surface area (TPSA) is 81.4 Å². The molecule has 0 spiro atoms. The average molecular weight is 298 g/mol. The highest BCUT2D eigenvalue weighted by Gasteiger charge is 2.27. The number of halogens is 3. The number of hydrogen-bond acceptors (Lipinski definition) is 4. The summed E-state index contributed by atoms with van der Waals surface area (Å²) in [5, 5.41) is 0. The molecule has 0 bridgehead atoms. The number of ether oxygens (including phenoxy) is 1. The molecule has 108 valence electrons. The minimum absolute atomic E-state index is 0.0844. The van der Waals surface area contributed by atoms with Gasteiger partial charge in [0.25, 0.3) is 0 Å². The third-order valence-corrected chi connectivity index (χ3v) is 3.67. The number of benzene rings is 1. The quantitative estimate of drug-likeness (QED) is 0.807. The molecular formula is C10H13F3N2O3S. The van der Waals surface area contributed by atoms with E-state index in [1.54, 1.807) is 0 Å². The summed E-state index contributed by atoms with van der Waals surface area (Å²) in [5.74, 6) is 0.286. The second-order valence-electron chi connectivity index (χ2n) is 3.67. The number of methoxy groups -OCH3 is 1. The van der Waals surface area contributed by atoms with E-state index in [1.807, 2.05) is 4.72 Å². The lowest BCUT2D eigenvalue weighted by atomic mass is 10.3. The maximum Gasteiger partial charge on any atom is 0.390 e. The van der Waals surface area contributed by atoms with Crippen LogP contribution in [0.25, 0.3) is 0 Å². The van der Waals surface area contributed by atoms with Gasteiger partial charge in [-0.3, -0.25) is 0 Å². The largest absolute Gasteiger partial charge is 0.495 e. The molecule has 5 nitrogen and oxygen atoms in total. The molecule has 0 radical (unpaired) electrons. The Morgan fingerprint density at radius 2 is 2.00 bits per heavy atom. The van der Waals surface area contributed by atoms with Gasteiger partial charge < -0.3 is 10.5 Å². The zero-order valence-corrected chi connectivity index (χ0v) is 10.8. The van der Waals surface area contributed by atoms with E-state index in [-0.39, 0.29) is 16.3 Å². The van der Waals surface area contributed by atoms with Crippen molar-refractivity contribution in [3.8, 4) is 5.75 Å². The van der Waals surface area contributed by atoms with E-state index < -0.39 is 29.2 Å². The van der Waals surface area contributed by atoms with Crippen LogP contribution in [-0.2, 0) is 10.0 Å². The fourth-order valence-electron chi connectivity index (χ4n) is 1.29. The summed E-state index contributed by atoms with van der Waals surface area (Å²) in [7, 11) is -2.65. The Bertz CT molecular complexity index is 543. The van der Waals surface area contributed by atoms with Gasteiger partial charge in [0.15, 0.2) is 0 Å². The SMILES string of the molecule is COc1ccc(S(=O)(=O)NCCC(F)(F)F)cc1N. The van der Waals surface area contributed by atoms with Gasteiger partial charge in [0.1, 0.15) is 5.75 Å². The molecule has 0 aliphatic rings. The van der Waals surface area contributed by atoms with Gasteiger partial charge in [-0.25, -0.2) is 13.1 Å². The minimum atomic E-state index is -4.42. The van der Waals surface area contributed by atoms with Crippen LogP contribution >= 0.6 is 0 Å². The van der Waals surface area contributed by atoms with Crippen molar-refractivity contribution in [1.29, 1.82) is 0 Å². The number of nitrogens with two attached hydrogens (primary N) is 1. The van der Waals surface area contributed by atoms with Crippen LogP contribution in [0.5, 0.6) is 5.75 Å². The zero-order chi connectivity index (χ0) is 14.7. The number of anilines is 1. The van der Waals surface area contributed by atoms with Crippen LogP contribution in [0.1, 0.15) is 6.42 Å². The Labute approximate surface area is 108 Å². The number of nitrogens with one attached hydrogen (secondary N) is 1. The molecule has 0 atom stereocenters. The molecule has 0 fully saturated rings. The van der Waals surface area contributed by atoms with Crippen LogP contribution in [0, 0.1) is 0 Å². The lowest BCUT2D eigenvalue weighted by Crippen LogP contribution is -2.28. The van der Waals surface area contributed by atoms with Crippen molar-refractivity contribution < 1.29 is 26.3 Å². The van der Waals surface area contributed by atoms with Crippen LogP contribution in [0.3, 0.4) is 0 Å².